The lowest BCUT2D eigenvalue weighted by molar-refractivity contribution is 0.135. The number of carbonyl (C=O) groups is 1. The number of amides is 2. The van der Waals surface area contributed by atoms with E-state index in [1.165, 1.54) is 5.56 Å². The summed E-state index contributed by atoms with van der Waals surface area (Å²) in [6, 6.07) is 17.9. The van der Waals surface area contributed by atoms with E-state index in [9.17, 15) is 9.59 Å². The summed E-state index contributed by atoms with van der Waals surface area (Å²) in [6.07, 6.45) is 0.708. The van der Waals surface area contributed by atoms with E-state index in [1.54, 1.807) is 0 Å². The average Bonchev–Trinajstić information content (AvgIpc) is 3.22. The summed E-state index contributed by atoms with van der Waals surface area (Å²) in [4.78, 5) is 38.0. The standard InChI is InChI=1S/C25H28N6O3.ClH/c32-24-28-22-16-19-15-20(7-8-21(19)27-23(22)29-24)34-14-4-9-26-25(33)31-12-10-30(11-13-31)17-18-5-2-1-3-6-18;/h1-3,5-8,15-16H,4,9-14,17H2,(H,26,33)(H2,27,28,29,32);1H. The second-order valence-electron chi connectivity index (χ2n) is 8.50. The number of pyridine rings is 1. The molecule has 2 amide bonds. The number of carbonyl (C=O) groups excluding carboxylic acids is 1. The minimum absolute atomic E-state index is 0. The van der Waals surface area contributed by atoms with Gasteiger partial charge in [0.1, 0.15) is 5.75 Å². The van der Waals surface area contributed by atoms with E-state index in [1.807, 2.05) is 35.2 Å². The number of benzene rings is 2. The lowest BCUT2D eigenvalue weighted by Gasteiger charge is -2.34. The van der Waals surface area contributed by atoms with Crippen LogP contribution in [0.15, 0.2) is 59.4 Å². The lowest BCUT2D eigenvalue weighted by atomic mass is 10.2. The summed E-state index contributed by atoms with van der Waals surface area (Å²) >= 11 is 0. The zero-order chi connectivity index (χ0) is 23.3. The number of urea groups is 1. The van der Waals surface area contributed by atoms with Crippen LogP contribution in [0.4, 0.5) is 4.79 Å². The van der Waals surface area contributed by atoms with Gasteiger partial charge in [-0.05, 0) is 36.2 Å². The van der Waals surface area contributed by atoms with Gasteiger partial charge in [0.05, 0.1) is 17.6 Å². The van der Waals surface area contributed by atoms with E-state index in [4.69, 9.17) is 4.74 Å². The summed E-state index contributed by atoms with van der Waals surface area (Å²) in [7, 11) is 0. The molecule has 2 aromatic heterocycles. The Hall–Kier alpha value is -3.56. The molecule has 0 spiro atoms. The van der Waals surface area contributed by atoms with Crippen molar-refractivity contribution >= 4 is 40.5 Å². The Bertz CT molecular complexity index is 1330. The highest BCUT2D eigenvalue weighted by Crippen LogP contribution is 2.22. The number of nitrogens with zero attached hydrogens (tertiary/aromatic N) is 3. The molecule has 0 atom stereocenters. The quantitative estimate of drug-likeness (QED) is 0.341. The van der Waals surface area contributed by atoms with Crippen LogP contribution in [0.5, 0.6) is 5.75 Å². The van der Waals surface area contributed by atoms with Crippen molar-refractivity contribution in [3.8, 4) is 5.75 Å². The van der Waals surface area contributed by atoms with Crippen molar-refractivity contribution in [2.24, 2.45) is 0 Å². The van der Waals surface area contributed by atoms with Gasteiger partial charge in [-0.25, -0.2) is 14.6 Å². The fourth-order valence-electron chi connectivity index (χ4n) is 4.22. The van der Waals surface area contributed by atoms with Crippen LogP contribution >= 0.6 is 12.4 Å². The van der Waals surface area contributed by atoms with Gasteiger partial charge >= 0.3 is 11.7 Å². The number of aromatic nitrogens is 3. The monoisotopic (exact) mass is 496 g/mol. The smallest absolute Gasteiger partial charge is 0.325 e. The average molecular weight is 497 g/mol. The molecule has 1 aliphatic rings. The van der Waals surface area contributed by atoms with E-state index in [-0.39, 0.29) is 24.1 Å². The van der Waals surface area contributed by atoms with Crippen LogP contribution in [-0.4, -0.2) is 70.1 Å². The summed E-state index contributed by atoms with van der Waals surface area (Å²) in [5, 5.41) is 3.89. The van der Waals surface area contributed by atoms with Crippen LogP contribution in [0.3, 0.4) is 0 Å². The molecule has 0 saturated carbocycles. The topological polar surface area (TPSA) is 106 Å². The number of halogens is 1. The van der Waals surface area contributed by atoms with Gasteiger partial charge in [0.25, 0.3) is 0 Å². The van der Waals surface area contributed by atoms with Gasteiger partial charge in [0.2, 0.25) is 0 Å². The largest absolute Gasteiger partial charge is 0.494 e. The van der Waals surface area contributed by atoms with E-state index >= 15 is 0 Å². The minimum atomic E-state index is -0.273. The van der Waals surface area contributed by atoms with Gasteiger partial charge in [-0.3, -0.25) is 9.88 Å². The van der Waals surface area contributed by atoms with Crippen molar-refractivity contribution in [1.29, 1.82) is 0 Å². The maximum absolute atomic E-state index is 12.5. The highest BCUT2D eigenvalue weighted by molar-refractivity contribution is 5.90. The molecule has 3 N–H and O–H groups in total. The van der Waals surface area contributed by atoms with Crippen LogP contribution in [-0.2, 0) is 6.54 Å². The summed E-state index contributed by atoms with van der Waals surface area (Å²) in [6.45, 7) is 5.21. The number of fused-ring (bicyclic) bond motifs is 2. The summed E-state index contributed by atoms with van der Waals surface area (Å²) < 4.78 is 5.85. The number of rotatable bonds is 7. The van der Waals surface area contributed by atoms with Crippen molar-refractivity contribution < 1.29 is 9.53 Å². The maximum Gasteiger partial charge on any atom is 0.325 e. The number of ether oxygens (including phenoxy) is 1. The molecule has 0 aliphatic carbocycles. The van der Waals surface area contributed by atoms with Gasteiger partial charge < -0.3 is 19.9 Å². The van der Waals surface area contributed by atoms with Gasteiger partial charge in [-0.2, -0.15) is 0 Å². The third kappa shape index (κ3) is 6.12. The second kappa shape index (κ2) is 11.2. The Morgan fingerprint density at radius 1 is 1.03 bits per heavy atom. The first-order valence-corrected chi connectivity index (χ1v) is 11.6. The molecule has 10 heteroatoms. The van der Waals surface area contributed by atoms with Crippen molar-refractivity contribution in [2.75, 3.05) is 39.3 Å². The zero-order valence-corrected chi connectivity index (χ0v) is 20.1. The second-order valence-corrected chi connectivity index (χ2v) is 8.50. The van der Waals surface area contributed by atoms with Gasteiger partial charge in [-0.1, -0.05) is 30.3 Å². The Balaban J connectivity index is 0.00000289. The first kappa shape index (κ1) is 24.6. The number of hydrogen-bond donors (Lipinski definition) is 3. The molecule has 184 valence electrons. The van der Waals surface area contributed by atoms with E-state index in [2.05, 4.69) is 49.4 Å². The molecule has 3 heterocycles. The fourth-order valence-corrected chi connectivity index (χ4v) is 4.22. The predicted octanol–water partition coefficient (Wildman–Crippen LogP) is 3.12. The first-order valence-electron chi connectivity index (χ1n) is 11.6. The SMILES string of the molecule is Cl.O=C(NCCCOc1ccc2nc3[nH]c(=O)[nH]c3cc2c1)N1CCN(Cc2ccccc2)CC1. The van der Waals surface area contributed by atoms with Gasteiger partial charge in [-0.15, -0.1) is 12.4 Å². The number of H-pyrrole nitrogens is 2. The van der Waals surface area contributed by atoms with Gasteiger partial charge in [0, 0.05) is 44.7 Å². The van der Waals surface area contributed by atoms with Gasteiger partial charge in [0.15, 0.2) is 5.65 Å². The summed E-state index contributed by atoms with van der Waals surface area (Å²) in [5.41, 5.74) is 3.02. The molecule has 1 aliphatic heterocycles. The van der Waals surface area contributed by atoms with Crippen LogP contribution in [0.2, 0.25) is 0 Å². The minimum Gasteiger partial charge on any atom is -0.494 e. The highest BCUT2D eigenvalue weighted by atomic mass is 35.5. The van der Waals surface area contributed by atoms with Crippen molar-refractivity contribution in [3.05, 3.63) is 70.6 Å². The summed E-state index contributed by atoms with van der Waals surface area (Å²) in [5.74, 6) is 0.729. The molecule has 35 heavy (non-hydrogen) atoms. The Morgan fingerprint density at radius 2 is 1.83 bits per heavy atom. The molecule has 1 saturated heterocycles. The molecular formula is C25H29ClN6O3. The Kier molecular flexibility index (Phi) is 7.89. The molecular weight excluding hydrogens is 468 g/mol. The predicted molar refractivity (Wildman–Crippen MR) is 138 cm³/mol. The molecule has 0 radical (unpaired) electrons. The Morgan fingerprint density at radius 3 is 2.63 bits per heavy atom. The molecule has 9 nitrogen and oxygen atoms in total. The van der Waals surface area contributed by atoms with Crippen molar-refractivity contribution in [3.63, 3.8) is 0 Å². The highest BCUT2D eigenvalue weighted by Gasteiger charge is 2.20. The fraction of sp³-hybridized carbons (Fsp3) is 0.320. The molecule has 2 aromatic carbocycles. The number of imidazole rings is 1. The Labute approximate surface area is 208 Å². The van der Waals surface area contributed by atoms with Crippen LogP contribution < -0.4 is 15.7 Å². The van der Waals surface area contributed by atoms with Crippen LogP contribution in [0, 0.1) is 0 Å². The van der Waals surface area contributed by atoms with Crippen LogP contribution in [0.1, 0.15) is 12.0 Å². The van der Waals surface area contributed by atoms with Crippen molar-refractivity contribution in [2.45, 2.75) is 13.0 Å². The first-order chi connectivity index (χ1) is 16.6. The third-order valence-electron chi connectivity index (χ3n) is 6.04. The van der Waals surface area contributed by atoms with E-state index in [0.29, 0.717) is 30.7 Å². The molecule has 5 rings (SSSR count). The maximum atomic E-state index is 12.5. The number of hydrogen-bond acceptors (Lipinski definition) is 5. The molecule has 1 fully saturated rings. The number of aromatic amines is 2. The molecule has 4 aromatic rings. The van der Waals surface area contributed by atoms with E-state index in [0.717, 1.165) is 49.4 Å². The lowest BCUT2D eigenvalue weighted by Crippen LogP contribution is -2.51. The number of nitrogens with one attached hydrogen (secondary N) is 3. The normalized spacial score (nSPS) is 14.1. The molecule has 0 unspecified atom stereocenters. The molecule has 0 bridgehead atoms. The van der Waals surface area contributed by atoms with Crippen LogP contribution in [0.25, 0.3) is 22.1 Å². The van der Waals surface area contributed by atoms with Crippen molar-refractivity contribution in [1.82, 2.24) is 30.1 Å². The third-order valence-corrected chi connectivity index (χ3v) is 6.04. The number of piperazine rings is 1. The zero-order valence-electron chi connectivity index (χ0n) is 19.3. The van der Waals surface area contributed by atoms with E-state index < -0.39 is 0 Å².